The smallest absolute Gasteiger partial charge is 0.317 e. The summed E-state index contributed by atoms with van der Waals surface area (Å²) in [7, 11) is 1.72. The molecule has 0 saturated carbocycles. The van der Waals surface area contributed by atoms with Gasteiger partial charge in [0.05, 0.1) is 6.10 Å². The van der Waals surface area contributed by atoms with Crippen LogP contribution < -0.4 is 5.32 Å². The van der Waals surface area contributed by atoms with Gasteiger partial charge in [0.15, 0.2) is 0 Å². The van der Waals surface area contributed by atoms with Gasteiger partial charge < -0.3 is 19.9 Å². The minimum Gasteiger partial charge on any atom is -0.380 e. The number of hydrogen-bond donors (Lipinski definition) is 1. The van der Waals surface area contributed by atoms with Crippen molar-refractivity contribution in [2.24, 2.45) is 0 Å². The van der Waals surface area contributed by atoms with Crippen molar-refractivity contribution in [3.05, 3.63) is 0 Å². The molecule has 2 fully saturated rings. The van der Waals surface area contributed by atoms with Gasteiger partial charge in [0.1, 0.15) is 0 Å². The molecule has 2 amide bonds. The highest BCUT2D eigenvalue weighted by molar-refractivity contribution is 5.74. The highest BCUT2D eigenvalue weighted by Crippen LogP contribution is 2.16. The molecule has 0 aromatic carbocycles. The minimum atomic E-state index is 0.0894. The van der Waals surface area contributed by atoms with Crippen LogP contribution in [0.15, 0.2) is 0 Å². The maximum atomic E-state index is 12.2. The number of urea groups is 1. The molecular weight excluding hydrogens is 254 g/mol. The fraction of sp³-hybridized carbons (Fsp3) is 0.933. The minimum absolute atomic E-state index is 0.0894. The zero-order chi connectivity index (χ0) is 14.5. The van der Waals surface area contributed by atoms with Crippen LogP contribution in [-0.2, 0) is 4.74 Å². The predicted molar refractivity (Wildman–Crippen MR) is 79.9 cm³/mol. The molecule has 0 aromatic heterocycles. The molecule has 0 bridgehead atoms. The number of amides is 2. The Morgan fingerprint density at radius 1 is 1.30 bits per heavy atom. The van der Waals surface area contributed by atoms with Crippen LogP contribution in [0, 0.1) is 0 Å². The largest absolute Gasteiger partial charge is 0.380 e. The van der Waals surface area contributed by atoms with E-state index in [2.05, 4.69) is 24.1 Å². The first kappa shape index (κ1) is 15.6. The highest BCUT2D eigenvalue weighted by Gasteiger charge is 2.28. The zero-order valence-corrected chi connectivity index (χ0v) is 13.1. The summed E-state index contributed by atoms with van der Waals surface area (Å²) in [5.41, 5.74) is 0. The van der Waals surface area contributed by atoms with Gasteiger partial charge >= 0.3 is 6.03 Å². The number of carbonyl (C=O) groups excluding carboxylic acids is 1. The summed E-state index contributed by atoms with van der Waals surface area (Å²) in [6.07, 6.45) is 4.50. The molecule has 2 unspecified atom stereocenters. The highest BCUT2D eigenvalue weighted by atomic mass is 16.5. The Balaban J connectivity index is 1.71. The van der Waals surface area contributed by atoms with Crippen molar-refractivity contribution in [2.75, 3.05) is 33.3 Å². The molecule has 5 nitrogen and oxygen atoms in total. The van der Waals surface area contributed by atoms with Crippen molar-refractivity contribution in [1.82, 2.24) is 15.1 Å². The van der Waals surface area contributed by atoms with E-state index in [1.54, 1.807) is 7.11 Å². The van der Waals surface area contributed by atoms with E-state index in [0.29, 0.717) is 12.1 Å². The summed E-state index contributed by atoms with van der Waals surface area (Å²) in [6, 6.07) is 1.09. The van der Waals surface area contributed by atoms with Crippen molar-refractivity contribution in [2.45, 2.75) is 57.7 Å². The molecule has 2 atom stereocenters. The van der Waals surface area contributed by atoms with Crippen LogP contribution in [0.25, 0.3) is 0 Å². The molecule has 0 aromatic rings. The van der Waals surface area contributed by atoms with Gasteiger partial charge in [-0.05, 0) is 32.6 Å². The molecule has 2 saturated heterocycles. The molecule has 116 valence electrons. The maximum absolute atomic E-state index is 12.2. The van der Waals surface area contributed by atoms with Gasteiger partial charge in [-0.15, -0.1) is 0 Å². The second kappa shape index (κ2) is 7.27. The average molecular weight is 283 g/mol. The van der Waals surface area contributed by atoms with Gasteiger partial charge in [0.25, 0.3) is 0 Å². The number of nitrogens with one attached hydrogen (secondary N) is 1. The van der Waals surface area contributed by atoms with Crippen LogP contribution in [-0.4, -0.2) is 67.3 Å². The van der Waals surface area contributed by atoms with Crippen molar-refractivity contribution < 1.29 is 9.53 Å². The molecule has 0 aliphatic carbocycles. The predicted octanol–water partition coefficient (Wildman–Crippen LogP) is 1.68. The molecule has 2 aliphatic heterocycles. The van der Waals surface area contributed by atoms with E-state index in [9.17, 15) is 4.79 Å². The topological polar surface area (TPSA) is 44.8 Å². The first-order chi connectivity index (χ1) is 9.63. The Morgan fingerprint density at radius 2 is 2.00 bits per heavy atom. The van der Waals surface area contributed by atoms with Crippen molar-refractivity contribution in [3.8, 4) is 0 Å². The van der Waals surface area contributed by atoms with E-state index in [4.69, 9.17) is 4.74 Å². The molecule has 20 heavy (non-hydrogen) atoms. The number of rotatable bonds is 4. The number of hydrogen-bond acceptors (Lipinski definition) is 3. The molecule has 2 aliphatic rings. The third-order valence-electron chi connectivity index (χ3n) is 4.84. The Morgan fingerprint density at radius 3 is 2.55 bits per heavy atom. The summed E-state index contributed by atoms with van der Waals surface area (Å²) >= 11 is 0. The Bertz CT molecular complexity index is 316. The SMILES string of the molecule is CCC(C)N1CCC(NC(=O)N2CCC(OC)C2)CC1. The van der Waals surface area contributed by atoms with Gasteiger partial charge in [0, 0.05) is 45.4 Å². The van der Waals surface area contributed by atoms with Gasteiger partial charge in [-0.25, -0.2) is 4.79 Å². The van der Waals surface area contributed by atoms with Crippen molar-refractivity contribution >= 4 is 6.03 Å². The van der Waals surface area contributed by atoms with Gasteiger partial charge in [0.2, 0.25) is 0 Å². The Labute approximate surface area is 122 Å². The van der Waals surface area contributed by atoms with E-state index >= 15 is 0 Å². The average Bonchev–Trinajstić information content (AvgIpc) is 2.96. The molecular formula is C15H29N3O2. The second-order valence-corrected chi connectivity index (χ2v) is 6.11. The number of nitrogens with zero attached hydrogens (tertiary/aromatic N) is 2. The van der Waals surface area contributed by atoms with Gasteiger partial charge in [-0.2, -0.15) is 0 Å². The van der Waals surface area contributed by atoms with Crippen LogP contribution in [0.3, 0.4) is 0 Å². The van der Waals surface area contributed by atoms with Crippen LogP contribution >= 0.6 is 0 Å². The lowest BCUT2D eigenvalue weighted by Crippen LogP contribution is -2.50. The van der Waals surface area contributed by atoms with Crippen LogP contribution in [0.4, 0.5) is 4.79 Å². The molecule has 5 heteroatoms. The Hall–Kier alpha value is -0.810. The first-order valence-electron chi connectivity index (χ1n) is 7.96. The summed E-state index contributed by atoms with van der Waals surface area (Å²) < 4.78 is 5.31. The van der Waals surface area contributed by atoms with Crippen molar-refractivity contribution in [3.63, 3.8) is 0 Å². The normalized spacial score (nSPS) is 26.8. The van der Waals surface area contributed by atoms with Crippen LogP contribution in [0.1, 0.15) is 39.5 Å². The molecule has 0 radical (unpaired) electrons. The first-order valence-corrected chi connectivity index (χ1v) is 7.96. The maximum Gasteiger partial charge on any atom is 0.317 e. The van der Waals surface area contributed by atoms with Gasteiger partial charge in [-0.3, -0.25) is 0 Å². The third kappa shape index (κ3) is 3.85. The van der Waals surface area contributed by atoms with E-state index in [0.717, 1.165) is 45.4 Å². The standard InChI is InChI=1S/C15H29N3O2/c1-4-12(2)17-8-5-13(6-9-17)16-15(19)18-10-7-14(11-18)20-3/h12-14H,4-11H2,1-3H3,(H,16,19). The molecule has 1 N–H and O–H groups in total. The molecule has 2 heterocycles. The van der Waals surface area contributed by atoms with E-state index in [-0.39, 0.29) is 12.1 Å². The Kier molecular flexibility index (Phi) is 5.66. The van der Waals surface area contributed by atoms with Crippen LogP contribution in [0.5, 0.6) is 0 Å². The number of likely N-dealkylation sites (tertiary alicyclic amines) is 2. The van der Waals surface area contributed by atoms with Gasteiger partial charge in [-0.1, -0.05) is 6.92 Å². The van der Waals surface area contributed by atoms with E-state index < -0.39 is 0 Å². The third-order valence-corrected chi connectivity index (χ3v) is 4.84. The quantitative estimate of drug-likeness (QED) is 0.854. The fourth-order valence-electron chi connectivity index (χ4n) is 3.11. The monoisotopic (exact) mass is 283 g/mol. The lowest BCUT2D eigenvalue weighted by Gasteiger charge is -2.36. The summed E-state index contributed by atoms with van der Waals surface area (Å²) in [5.74, 6) is 0. The summed E-state index contributed by atoms with van der Waals surface area (Å²) in [5, 5.41) is 3.19. The summed E-state index contributed by atoms with van der Waals surface area (Å²) in [4.78, 5) is 16.6. The molecule has 2 rings (SSSR count). The second-order valence-electron chi connectivity index (χ2n) is 6.11. The number of methoxy groups -OCH3 is 1. The zero-order valence-electron chi connectivity index (χ0n) is 13.1. The number of ether oxygens (including phenoxy) is 1. The lowest BCUT2D eigenvalue weighted by molar-refractivity contribution is 0.109. The lowest BCUT2D eigenvalue weighted by atomic mass is 10.0. The van der Waals surface area contributed by atoms with E-state index in [1.807, 2.05) is 4.90 Å². The van der Waals surface area contributed by atoms with Crippen molar-refractivity contribution in [1.29, 1.82) is 0 Å². The van der Waals surface area contributed by atoms with Crippen LogP contribution in [0.2, 0.25) is 0 Å². The van der Waals surface area contributed by atoms with E-state index in [1.165, 1.54) is 6.42 Å². The molecule has 0 spiro atoms. The number of carbonyl (C=O) groups is 1. The number of piperidine rings is 1. The summed E-state index contributed by atoms with van der Waals surface area (Å²) in [6.45, 7) is 8.26. The fourth-order valence-corrected chi connectivity index (χ4v) is 3.11.